The molecule has 2 bridgehead atoms. The molecule has 0 aromatic heterocycles. The SMILES string of the molecule is CC(C)(C)[Si](C)(C)OCCN1CC2CCC(Nc3ccccc3[N+](=O)[O-])(C2)C1. The summed E-state index contributed by atoms with van der Waals surface area (Å²) in [5.41, 5.74) is 0.748. The molecule has 1 aliphatic heterocycles. The molecule has 0 radical (unpaired) electrons. The van der Waals surface area contributed by atoms with Crippen LogP contribution in [0.5, 0.6) is 0 Å². The van der Waals surface area contributed by atoms with Crippen molar-refractivity contribution in [1.82, 2.24) is 4.90 Å². The van der Waals surface area contributed by atoms with Crippen LogP contribution in [0.2, 0.25) is 18.1 Å². The van der Waals surface area contributed by atoms with Crippen LogP contribution in [0.25, 0.3) is 0 Å². The summed E-state index contributed by atoms with van der Waals surface area (Å²) in [6, 6.07) is 7.01. The molecular formula is C21H35N3O3Si. The van der Waals surface area contributed by atoms with E-state index in [0.717, 1.165) is 39.1 Å². The number of anilines is 1. The van der Waals surface area contributed by atoms with Gasteiger partial charge < -0.3 is 9.74 Å². The van der Waals surface area contributed by atoms with E-state index < -0.39 is 8.32 Å². The first-order valence-electron chi connectivity index (χ1n) is 10.4. The molecule has 2 aliphatic rings. The van der Waals surface area contributed by atoms with Gasteiger partial charge in [-0.2, -0.15) is 0 Å². The van der Waals surface area contributed by atoms with Gasteiger partial charge in [0.1, 0.15) is 5.69 Å². The first-order chi connectivity index (χ1) is 13.0. The van der Waals surface area contributed by atoms with E-state index in [9.17, 15) is 10.1 Å². The summed E-state index contributed by atoms with van der Waals surface area (Å²) in [5, 5.41) is 15.2. The molecular weight excluding hydrogens is 370 g/mol. The minimum absolute atomic E-state index is 0.0635. The molecule has 2 unspecified atom stereocenters. The fraction of sp³-hybridized carbons (Fsp3) is 0.714. The van der Waals surface area contributed by atoms with Gasteiger partial charge in [-0.1, -0.05) is 32.9 Å². The van der Waals surface area contributed by atoms with Gasteiger partial charge in [0, 0.05) is 32.3 Å². The lowest BCUT2D eigenvalue weighted by molar-refractivity contribution is -0.384. The van der Waals surface area contributed by atoms with Crippen LogP contribution in [0.4, 0.5) is 11.4 Å². The summed E-state index contributed by atoms with van der Waals surface area (Å²) in [6.45, 7) is 15.1. The number of para-hydroxylation sites is 2. The van der Waals surface area contributed by atoms with Crippen LogP contribution in [-0.4, -0.2) is 49.9 Å². The van der Waals surface area contributed by atoms with E-state index in [1.807, 2.05) is 12.1 Å². The second-order valence-electron chi connectivity index (χ2n) is 10.1. The number of benzene rings is 1. The van der Waals surface area contributed by atoms with Crippen molar-refractivity contribution in [2.75, 3.05) is 31.6 Å². The van der Waals surface area contributed by atoms with Crippen LogP contribution in [0, 0.1) is 16.0 Å². The average Bonchev–Trinajstić information content (AvgIpc) is 2.88. The summed E-state index contributed by atoms with van der Waals surface area (Å²) < 4.78 is 6.38. The molecule has 7 heteroatoms. The van der Waals surface area contributed by atoms with E-state index >= 15 is 0 Å². The van der Waals surface area contributed by atoms with Gasteiger partial charge in [0.2, 0.25) is 0 Å². The van der Waals surface area contributed by atoms with Crippen molar-refractivity contribution in [3.05, 3.63) is 34.4 Å². The van der Waals surface area contributed by atoms with Crippen molar-refractivity contribution in [3.63, 3.8) is 0 Å². The highest BCUT2D eigenvalue weighted by atomic mass is 28.4. The molecule has 0 spiro atoms. The van der Waals surface area contributed by atoms with Gasteiger partial charge in [0.15, 0.2) is 8.32 Å². The van der Waals surface area contributed by atoms with Crippen molar-refractivity contribution >= 4 is 19.7 Å². The second-order valence-corrected chi connectivity index (χ2v) is 14.9. The second kappa shape index (κ2) is 7.76. The van der Waals surface area contributed by atoms with E-state index in [-0.39, 0.29) is 21.2 Å². The van der Waals surface area contributed by atoms with Gasteiger partial charge in [-0.15, -0.1) is 0 Å². The number of nitrogens with one attached hydrogen (secondary N) is 1. The third kappa shape index (κ3) is 4.58. The zero-order valence-corrected chi connectivity index (χ0v) is 19.0. The van der Waals surface area contributed by atoms with Gasteiger partial charge in [-0.3, -0.25) is 15.0 Å². The van der Waals surface area contributed by atoms with Gasteiger partial charge in [-0.05, 0) is 49.4 Å². The molecule has 1 aliphatic carbocycles. The van der Waals surface area contributed by atoms with Crippen LogP contribution >= 0.6 is 0 Å². The standard InChI is InChI=1S/C21H35N3O3Si/c1-20(2,3)28(4,5)27-13-12-23-15-17-10-11-21(14-17,16-23)22-18-8-6-7-9-19(18)24(25)26/h6-9,17,22H,10-16H2,1-5H3. The highest BCUT2D eigenvalue weighted by molar-refractivity contribution is 6.74. The zero-order valence-electron chi connectivity index (χ0n) is 18.0. The van der Waals surface area contributed by atoms with Crippen molar-refractivity contribution in [2.24, 2.45) is 5.92 Å². The monoisotopic (exact) mass is 405 g/mol. The summed E-state index contributed by atoms with van der Waals surface area (Å²) in [7, 11) is -1.72. The highest BCUT2D eigenvalue weighted by Crippen LogP contribution is 2.43. The number of nitro groups is 1. The predicted octanol–water partition coefficient (Wildman–Crippen LogP) is 4.88. The molecule has 3 rings (SSSR count). The largest absolute Gasteiger partial charge is 0.416 e. The first-order valence-corrected chi connectivity index (χ1v) is 13.3. The molecule has 1 saturated carbocycles. The normalized spacial score (nSPS) is 25.7. The molecule has 2 atom stereocenters. The van der Waals surface area contributed by atoms with Gasteiger partial charge >= 0.3 is 0 Å². The Morgan fingerprint density at radius 1 is 1.36 bits per heavy atom. The predicted molar refractivity (Wildman–Crippen MR) is 116 cm³/mol. The van der Waals surface area contributed by atoms with E-state index in [1.165, 1.54) is 6.42 Å². The molecule has 28 heavy (non-hydrogen) atoms. The minimum atomic E-state index is -1.72. The smallest absolute Gasteiger partial charge is 0.292 e. The molecule has 2 fully saturated rings. The van der Waals surface area contributed by atoms with Crippen LogP contribution < -0.4 is 5.32 Å². The Balaban J connectivity index is 1.64. The average molecular weight is 406 g/mol. The van der Waals surface area contributed by atoms with Gasteiger partial charge in [-0.25, -0.2) is 0 Å². The van der Waals surface area contributed by atoms with E-state index in [1.54, 1.807) is 12.1 Å². The van der Waals surface area contributed by atoms with Gasteiger partial charge in [0.05, 0.1) is 10.5 Å². The molecule has 1 N–H and O–H groups in total. The third-order valence-corrected chi connectivity index (χ3v) is 11.5. The fourth-order valence-electron chi connectivity index (χ4n) is 4.39. The molecule has 0 amide bonds. The number of rotatable bonds is 7. The highest BCUT2D eigenvalue weighted by Gasteiger charge is 2.45. The fourth-order valence-corrected chi connectivity index (χ4v) is 5.42. The summed E-state index contributed by atoms with van der Waals surface area (Å²) in [5.74, 6) is 0.664. The maximum absolute atomic E-state index is 11.4. The van der Waals surface area contributed by atoms with Crippen molar-refractivity contribution < 1.29 is 9.35 Å². The molecule has 1 saturated heterocycles. The zero-order chi connectivity index (χ0) is 20.6. The van der Waals surface area contributed by atoms with Crippen molar-refractivity contribution in [3.8, 4) is 0 Å². The molecule has 1 aromatic rings. The Kier molecular flexibility index (Phi) is 5.90. The number of fused-ring (bicyclic) bond motifs is 2. The third-order valence-electron chi connectivity index (χ3n) is 6.93. The maximum Gasteiger partial charge on any atom is 0.292 e. The number of likely N-dealkylation sites (tertiary alicyclic amines) is 1. The van der Waals surface area contributed by atoms with Crippen LogP contribution in [0.3, 0.4) is 0 Å². The number of hydrogen-bond acceptors (Lipinski definition) is 5. The summed E-state index contributed by atoms with van der Waals surface area (Å²) in [4.78, 5) is 13.6. The molecule has 1 heterocycles. The maximum atomic E-state index is 11.4. The lowest BCUT2D eigenvalue weighted by Gasteiger charge is -2.42. The van der Waals surface area contributed by atoms with Crippen LogP contribution in [0.15, 0.2) is 24.3 Å². The Morgan fingerprint density at radius 2 is 2.07 bits per heavy atom. The topological polar surface area (TPSA) is 67.6 Å². The number of hydrogen-bond donors (Lipinski definition) is 1. The number of nitrogens with zero attached hydrogens (tertiary/aromatic N) is 2. The van der Waals surface area contributed by atoms with E-state index in [4.69, 9.17) is 4.43 Å². The van der Waals surface area contributed by atoms with Crippen molar-refractivity contribution in [1.29, 1.82) is 0 Å². The van der Waals surface area contributed by atoms with E-state index in [0.29, 0.717) is 11.6 Å². The van der Waals surface area contributed by atoms with E-state index in [2.05, 4.69) is 44.1 Å². The Hall–Kier alpha value is -1.44. The lowest BCUT2D eigenvalue weighted by Crippen LogP contribution is -2.53. The Bertz CT molecular complexity index is 719. The molecule has 1 aromatic carbocycles. The van der Waals surface area contributed by atoms with Gasteiger partial charge in [0.25, 0.3) is 5.69 Å². The Labute approximate surface area is 169 Å². The van der Waals surface area contributed by atoms with Crippen LogP contribution in [0.1, 0.15) is 40.0 Å². The quantitative estimate of drug-likeness (QED) is 0.398. The first kappa shape index (κ1) is 21.3. The number of piperidine rings is 1. The lowest BCUT2D eigenvalue weighted by atomic mass is 9.90. The molecule has 156 valence electrons. The molecule has 6 nitrogen and oxygen atoms in total. The minimum Gasteiger partial charge on any atom is -0.416 e. The Morgan fingerprint density at radius 3 is 2.75 bits per heavy atom. The summed E-state index contributed by atoms with van der Waals surface area (Å²) >= 11 is 0. The van der Waals surface area contributed by atoms with Crippen LogP contribution in [-0.2, 0) is 4.43 Å². The van der Waals surface area contributed by atoms with Crippen molar-refractivity contribution in [2.45, 2.75) is 63.7 Å². The number of nitro benzene ring substituents is 1. The summed E-state index contributed by atoms with van der Waals surface area (Å²) in [6.07, 6.45) is 3.36.